The number of amides is 1. The summed E-state index contributed by atoms with van der Waals surface area (Å²) in [6.45, 7) is 0. The average Bonchev–Trinajstić information content (AvgIpc) is 2.87. The van der Waals surface area contributed by atoms with Gasteiger partial charge in [-0.2, -0.15) is 13.2 Å². The number of alkyl halides is 3. The zero-order valence-corrected chi connectivity index (χ0v) is 15.6. The lowest BCUT2D eigenvalue weighted by Crippen LogP contribution is -2.20. The van der Waals surface area contributed by atoms with Gasteiger partial charge >= 0.3 is 6.18 Å². The van der Waals surface area contributed by atoms with Gasteiger partial charge in [-0.05, 0) is 24.3 Å². The SMILES string of the molecule is CN(C)c1ccc(NC(=O)Cc2cc(S(N)(=O)=O)cn2C)c(C(F)(F)F)c1. The molecule has 0 saturated heterocycles. The summed E-state index contributed by atoms with van der Waals surface area (Å²) in [4.78, 5) is 13.5. The third-order valence-electron chi connectivity index (χ3n) is 3.85. The molecule has 0 aliphatic heterocycles. The summed E-state index contributed by atoms with van der Waals surface area (Å²) >= 11 is 0. The van der Waals surface area contributed by atoms with E-state index in [1.54, 1.807) is 14.1 Å². The number of anilines is 2. The number of nitrogens with zero attached hydrogens (tertiary/aromatic N) is 2. The Morgan fingerprint density at radius 3 is 2.37 bits per heavy atom. The zero-order valence-electron chi connectivity index (χ0n) is 14.8. The smallest absolute Gasteiger partial charge is 0.378 e. The van der Waals surface area contributed by atoms with Gasteiger partial charge in [-0.15, -0.1) is 0 Å². The largest absolute Gasteiger partial charge is 0.418 e. The number of carbonyl (C=O) groups excluding carboxylic acids is 1. The number of hydrogen-bond donors (Lipinski definition) is 2. The number of nitrogens with two attached hydrogens (primary N) is 1. The van der Waals surface area contributed by atoms with E-state index in [1.165, 1.54) is 40.9 Å². The second kappa shape index (κ2) is 7.24. The summed E-state index contributed by atoms with van der Waals surface area (Å²) < 4.78 is 64.0. The number of nitrogens with one attached hydrogen (secondary N) is 1. The second-order valence-electron chi connectivity index (χ2n) is 6.17. The summed E-state index contributed by atoms with van der Waals surface area (Å²) in [5.74, 6) is -0.722. The highest BCUT2D eigenvalue weighted by Gasteiger charge is 2.34. The standard InChI is InChI=1S/C16H19F3N4O3S/c1-22(2)10-4-5-14(13(7-10)16(17,18)19)21-15(24)8-11-6-12(9-23(11)3)27(20,25)26/h4-7,9H,8H2,1-3H3,(H,21,24)(H2,20,25,26). The van der Waals surface area contributed by atoms with E-state index >= 15 is 0 Å². The normalized spacial score (nSPS) is 12.1. The van der Waals surface area contributed by atoms with E-state index in [1.807, 2.05) is 0 Å². The molecule has 27 heavy (non-hydrogen) atoms. The molecule has 0 bridgehead atoms. The number of hydrogen-bond acceptors (Lipinski definition) is 4. The molecule has 1 aromatic heterocycles. The molecule has 7 nitrogen and oxygen atoms in total. The Balaban J connectivity index is 2.27. The minimum absolute atomic E-state index is 0.181. The summed E-state index contributed by atoms with van der Waals surface area (Å²) in [7, 11) is 0.767. The van der Waals surface area contributed by atoms with Gasteiger partial charge in [-0.1, -0.05) is 0 Å². The van der Waals surface area contributed by atoms with E-state index in [0.29, 0.717) is 5.69 Å². The van der Waals surface area contributed by atoms with Crippen LogP contribution in [-0.2, 0) is 34.5 Å². The minimum Gasteiger partial charge on any atom is -0.378 e. The molecular formula is C16H19F3N4O3S. The van der Waals surface area contributed by atoms with E-state index in [9.17, 15) is 26.4 Å². The van der Waals surface area contributed by atoms with Crippen LogP contribution >= 0.6 is 0 Å². The summed E-state index contributed by atoms with van der Waals surface area (Å²) in [5, 5.41) is 7.26. The van der Waals surface area contributed by atoms with Crippen LogP contribution in [0.3, 0.4) is 0 Å². The second-order valence-corrected chi connectivity index (χ2v) is 7.73. The topological polar surface area (TPSA) is 97.4 Å². The lowest BCUT2D eigenvalue weighted by molar-refractivity contribution is -0.136. The van der Waals surface area contributed by atoms with Gasteiger partial charge in [-0.3, -0.25) is 4.79 Å². The van der Waals surface area contributed by atoms with Crippen molar-refractivity contribution in [3.63, 3.8) is 0 Å². The zero-order chi connectivity index (χ0) is 20.6. The number of benzene rings is 1. The van der Waals surface area contributed by atoms with E-state index in [-0.39, 0.29) is 22.7 Å². The van der Waals surface area contributed by atoms with Gasteiger partial charge in [0.1, 0.15) is 0 Å². The Morgan fingerprint density at radius 1 is 1.26 bits per heavy atom. The molecule has 1 heterocycles. The van der Waals surface area contributed by atoms with Crippen molar-refractivity contribution in [2.24, 2.45) is 12.2 Å². The lowest BCUT2D eigenvalue weighted by atomic mass is 10.1. The molecule has 0 aliphatic rings. The maximum Gasteiger partial charge on any atom is 0.418 e. The number of aryl methyl sites for hydroxylation is 1. The van der Waals surface area contributed by atoms with E-state index in [4.69, 9.17) is 5.14 Å². The third kappa shape index (κ3) is 5.01. The number of rotatable bonds is 5. The summed E-state index contributed by atoms with van der Waals surface area (Å²) in [6.07, 6.45) is -3.75. The molecular weight excluding hydrogens is 385 g/mol. The first-order chi connectivity index (χ1) is 12.3. The maximum atomic E-state index is 13.3. The van der Waals surface area contributed by atoms with Gasteiger partial charge < -0.3 is 14.8 Å². The van der Waals surface area contributed by atoms with Gasteiger partial charge in [0.15, 0.2) is 0 Å². The van der Waals surface area contributed by atoms with Gasteiger partial charge in [-0.25, -0.2) is 13.6 Å². The first-order valence-corrected chi connectivity index (χ1v) is 9.20. The van der Waals surface area contributed by atoms with Gasteiger partial charge in [0.2, 0.25) is 15.9 Å². The summed E-state index contributed by atoms with van der Waals surface area (Å²) in [6, 6.07) is 4.77. The number of carbonyl (C=O) groups is 1. The highest BCUT2D eigenvalue weighted by atomic mass is 32.2. The van der Waals surface area contributed by atoms with E-state index < -0.39 is 27.7 Å². The van der Waals surface area contributed by atoms with Crippen molar-refractivity contribution in [3.8, 4) is 0 Å². The Hall–Kier alpha value is -2.53. The number of sulfonamides is 1. The fourth-order valence-electron chi connectivity index (χ4n) is 2.42. The predicted octanol–water partition coefficient (Wildman–Crippen LogP) is 1.94. The molecule has 148 valence electrons. The highest BCUT2D eigenvalue weighted by molar-refractivity contribution is 7.89. The van der Waals surface area contributed by atoms with Crippen molar-refractivity contribution < 1.29 is 26.4 Å². The van der Waals surface area contributed by atoms with Crippen LogP contribution in [0.25, 0.3) is 0 Å². The number of primary sulfonamides is 1. The first kappa shape index (κ1) is 20.8. The first-order valence-electron chi connectivity index (χ1n) is 7.65. The van der Waals surface area contributed by atoms with Crippen LogP contribution in [0, 0.1) is 0 Å². The Morgan fingerprint density at radius 2 is 1.89 bits per heavy atom. The molecule has 0 aliphatic carbocycles. The Bertz CT molecular complexity index is 966. The molecule has 3 N–H and O–H groups in total. The van der Waals surface area contributed by atoms with Crippen LogP contribution in [0.2, 0.25) is 0 Å². The van der Waals surface area contributed by atoms with Crippen LogP contribution in [0.4, 0.5) is 24.5 Å². The van der Waals surface area contributed by atoms with Crippen molar-refractivity contribution >= 4 is 27.3 Å². The van der Waals surface area contributed by atoms with Crippen LogP contribution < -0.4 is 15.4 Å². The predicted molar refractivity (Wildman–Crippen MR) is 94.9 cm³/mol. The molecule has 2 aromatic rings. The van der Waals surface area contributed by atoms with Crippen molar-refractivity contribution in [1.29, 1.82) is 0 Å². The quantitative estimate of drug-likeness (QED) is 0.796. The van der Waals surface area contributed by atoms with Crippen molar-refractivity contribution in [3.05, 3.63) is 41.7 Å². The van der Waals surface area contributed by atoms with Gasteiger partial charge in [0, 0.05) is 38.7 Å². The van der Waals surface area contributed by atoms with Crippen LogP contribution in [0.1, 0.15) is 11.3 Å². The molecule has 0 saturated carbocycles. The van der Waals surface area contributed by atoms with Crippen molar-refractivity contribution in [2.45, 2.75) is 17.5 Å². The van der Waals surface area contributed by atoms with E-state index in [2.05, 4.69) is 5.32 Å². The molecule has 1 aromatic carbocycles. The average molecular weight is 404 g/mol. The fourth-order valence-corrected chi connectivity index (χ4v) is 3.03. The fraction of sp³-hybridized carbons (Fsp3) is 0.312. The van der Waals surface area contributed by atoms with Crippen LogP contribution in [-0.4, -0.2) is 33.0 Å². The number of aromatic nitrogens is 1. The molecule has 0 unspecified atom stereocenters. The monoisotopic (exact) mass is 404 g/mol. The van der Waals surface area contributed by atoms with E-state index in [0.717, 1.165) is 6.07 Å². The molecule has 0 spiro atoms. The molecule has 1 amide bonds. The van der Waals surface area contributed by atoms with Crippen molar-refractivity contribution in [1.82, 2.24) is 4.57 Å². The Labute approximate surface area is 154 Å². The maximum absolute atomic E-state index is 13.3. The highest BCUT2D eigenvalue weighted by Crippen LogP contribution is 2.37. The molecule has 0 fully saturated rings. The molecule has 0 radical (unpaired) electrons. The Kier molecular flexibility index (Phi) is 5.57. The van der Waals surface area contributed by atoms with Crippen molar-refractivity contribution in [2.75, 3.05) is 24.3 Å². The van der Waals surface area contributed by atoms with Gasteiger partial charge in [0.25, 0.3) is 0 Å². The summed E-state index contributed by atoms with van der Waals surface area (Å²) in [5.41, 5.74) is -0.728. The molecule has 0 atom stereocenters. The minimum atomic E-state index is -4.65. The van der Waals surface area contributed by atoms with Gasteiger partial charge in [0.05, 0.1) is 22.6 Å². The van der Waals surface area contributed by atoms with Crippen LogP contribution in [0.15, 0.2) is 35.4 Å². The lowest BCUT2D eigenvalue weighted by Gasteiger charge is -2.18. The number of halogens is 3. The third-order valence-corrected chi connectivity index (χ3v) is 4.73. The molecule has 11 heteroatoms. The molecule has 2 rings (SSSR count). The van der Waals surface area contributed by atoms with Crippen LogP contribution in [0.5, 0.6) is 0 Å².